The van der Waals surface area contributed by atoms with E-state index >= 15 is 0 Å². The number of aromatic nitrogens is 1. The van der Waals surface area contributed by atoms with E-state index in [9.17, 15) is 9.50 Å². The molecule has 0 aliphatic carbocycles. The van der Waals surface area contributed by atoms with Crippen LogP contribution in [-0.2, 0) is 13.0 Å². The van der Waals surface area contributed by atoms with E-state index in [2.05, 4.69) is 22.9 Å². The number of β-amino-alcohol motifs (C(OH)–C–C–N with tert-alkyl or cyclic N) is 1. The van der Waals surface area contributed by atoms with Gasteiger partial charge in [-0.15, -0.1) is 0 Å². The summed E-state index contributed by atoms with van der Waals surface area (Å²) in [6, 6.07) is 10.6. The average molecular weight is 314 g/mol. The van der Waals surface area contributed by atoms with Crippen molar-refractivity contribution in [2.75, 3.05) is 13.1 Å². The maximum absolute atomic E-state index is 13.0. The van der Waals surface area contributed by atoms with Crippen molar-refractivity contribution in [3.8, 4) is 0 Å². The molecule has 0 unspecified atom stereocenters. The van der Waals surface area contributed by atoms with Crippen LogP contribution in [0, 0.1) is 18.7 Å². The Labute approximate surface area is 136 Å². The molecule has 1 aliphatic rings. The molecule has 3 rings (SSSR count). The number of likely N-dealkylation sites (tertiary alicyclic amines) is 1. The third-order valence-corrected chi connectivity index (χ3v) is 4.71. The van der Waals surface area contributed by atoms with E-state index in [4.69, 9.17) is 0 Å². The van der Waals surface area contributed by atoms with Crippen LogP contribution in [0.2, 0.25) is 0 Å². The Balaban J connectivity index is 1.57. The molecule has 3 nitrogen and oxygen atoms in total. The molecule has 2 heterocycles. The summed E-state index contributed by atoms with van der Waals surface area (Å²) in [5.74, 6) is 0.0244. The smallest absolute Gasteiger partial charge is 0.123 e. The van der Waals surface area contributed by atoms with Gasteiger partial charge in [0, 0.05) is 19.3 Å². The quantitative estimate of drug-likeness (QED) is 0.942. The number of rotatable bonds is 4. The highest BCUT2D eigenvalue weighted by Gasteiger charge is 2.28. The van der Waals surface area contributed by atoms with Crippen LogP contribution < -0.4 is 0 Å². The average Bonchev–Trinajstić information content (AvgIpc) is 2.54. The van der Waals surface area contributed by atoms with E-state index in [1.54, 1.807) is 0 Å². The number of benzene rings is 1. The van der Waals surface area contributed by atoms with Gasteiger partial charge in [-0.3, -0.25) is 9.88 Å². The van der Waals surface area contributed by atoms with Crippen molar-refractivity contribution in [1.29, 1.82) is 0 Å². The number of aryl methyl sites for hydroxylation is 1. The van der Waals surface area contributed by atoms with Crippen molar-refractivity contribution < 1.29 is 9.50 Å². The van der Waals surface area contributed by atoms with Crippen LogP contribution in [-0.4, -0.2) is 34.2 Å². The Morgan fingerprint density at radius 2 is 2.04 bits per heavy atom. The van der Waals surface area contributed by atoms with Gasteiger partial charge in [-0.05, 0) is 61.6 Å². The summed E-state index contributed by atoms with van der Waals surface area (Å²) in [6.07, 6.45) is 3.22. The number of nitrogens with zero attached hydrogens (tertiary/aromatic N) is 2. The molecule has 4 heteroatoms. The summed E-state index contributed by atoms with van der Waals surface area (Å²) >= 11 is 0. The minimum atomic E-state index is -0.349. The molecule has 23 heavy (non-hydrogen) atoms. The molecule has 1 fully saturated rings. The molecule has 1 aromatic carbocycles. The number of aliphatic hydroxyl groups excluding tert-OH is 1. The lowest BCUT2D eigenvalue weighted by molar-refractivity contribution is 0.0182. The number of pyridine rings is 1. The highest BCUT2D eigenvalue weighted by molar-refractivity contribution is 5.18. The van der Waals surface area contributed by atoms with Gasteiger partial charge < -0.3 is 5.11 Å². The van der Waals surface area contributed by atoms with Gasteiger partial charge in [0.05, 0.1) is 11.8 Å². The fourth-order valence-electron chi connectivity index (χ4n) is 3.25. The monoisotopic (exact) mass is 314 g/mol. The lowest BCUT2D eigenvalue weighted by Gasteiger charge is -2.36. The maximum Gasteiger partial charge on any atom is 0.123 e. The Bertz CT molecular complexity index is 644. The molecule has 122 valence electrons. The molecular formula is C19H23FN2O. The topological polar surface area (TPSA) is 36.4 Å². The van der Waals surface area contributed by atoms with Crippen molar-refractivity contribution in [1.82, 2.24) is 9.88 Å². The minimum Gasteiger partial charge on any atom is -0.391 e. The zero-order valence-electron chi connectivity index (χ0n) is 13.5. The maximum atomic E-state index is 13.0. The van der Waals surface area contributed by atoms with Crippen LogP contribution in [0.4, 0.5) is 4.39 Å². The van der Waals surface area contributed by atoms with Gasteiger partial charge in [-0.25, -0.2) is 4.39 Å². The number of aliphatic hydroxyl groups is 1. The lowest BCUT2D eigenvalue weighted by Crippen LogP contribution is -2.44. The third-order valence-electron chi connectivity index (χ3n) is 4.71. The zero-order chi connectivity index (χ0) is 16.2. The van der Waals surface area contributed by atoms with Crippen LogP contribution in [0.5, 0.6) is 0 Å². The van der Waals surface area contributed by atoms with Gasteiger partial charge in [0.1, 0.15) is 5.82 Å². The fourth-order valence-corrected chi connectivity index (χ4v) is 3.25. The first-order chi connectivity index (χ1) is 11.1. The standard InChI is InChI=1S/C19H23FN2O/c1-14-3-2-9-21-18(14)12-22-10-8-16(19(23)13-22)11-15-4-6-17(20)7-5-15/h2-7,9,16,19,23H,8,10-13H2,1H3/t16-,19+/m1/s1. The molecule has 2 aromatic rings. The van der Waals surface area contributed by atoms with Crippen LogP contribution >= 0.6 is 0 Å². The molecule has 0 spiro atoms. The van der Waals surface area contributed by atoms with Crippen LogP contribution in [0.15, 0.2) is 42.6 Å². The molecule has 1 saturated heterocycles. The summed E-state index contributed by atoms with van der Waals surface area (Å²) in [5, 5.41) is 10.5. The van der Waals surface area contributed by atoms with Gasteiger partial charge in [0.15, 0.2) is 0 Å². The largest absolute Gasteiger partial charge is 0.391 e. The second-order valence-corrected chi connectivity index (χ2v) is 6.45. The van der Waals surface area contributed by atoms with E-state index in [0.29, 0.717) is 6.54 Å². The summed E-state index contributed by atoms with van der Waals surface area (Å²) in [4.78, 5) is 6.70. The molecule has 0 radical (unpaired) electrons. The molecule has 0 bridgehead atoms. The first-order valence-corrected chi connectivity index (χ1v) is 8.17. The first-order valence-electron chi connectivity index (χ1n) is 8.17. The lowest BCUT2D eigenvalue weighted by atomic mass is 9.88. The van der Waals surface area contributed by atoms with E-state index < -0.39 is 0 Å². The Morgan fingerprint density at radius 1 is 1.26 bits per heavy atom. The molecule has 1 aromatic heterocycles. The summed E-state index contributed by atoms with van der Waals surface area (Å²) < 4.78 is 13.0. The second kappa shape index (κ2) is 7.20. The SMILES string of the molecule is Cc1cccnc1CN1CC[C@H](Cc2ccc(F)cc2)[C@@H](O)C1. The fraction of sp³-hybridized carbons (Fsp3) is 0.421. The van der Waals surface area contributed by atoms with Crippen molar-refractivity contribution in [2.45, 2.75) is 32.4 Å². The first kappa shape index (κ1) is 16.1. The van der Waals surface area contributed by atoms with E-state index in [1.165, 1.54) is 17.7 Å². The van der Waals surface area contributed by atoms with E-state index in [1.807, 2.05) is 24.4 Å². The number of hydrogen-bond acceptors (Lipinski definition) is 3. The Hall–Kier alpha value is -1.78. The Kier molecular flexibility index (Phi) is 5.03. The van der Waals surface area contributed by atoms with Crippen molar-refractivity contribution in [3.63, 3.8) is 0 Å². The minimum absolute atomic E-state index is 0.213. The van der Waals surface area contributed by atoms with Gasteiger partial charge in [0.2, 0.25) is 0 Å². The van der Waals surface area contributed by atoms with Gasteiger partial charge >= 0.3 is 0 Å². The van der Waals surface area contributed by atoms with E-state index in [0.717, 1.165) is 37.2 Å². The molecule has 0 amide bonds. The number of piperidine rings is 1. The molecule has 1 N–H and O–H groups in total. The van der Waals surface area contributed by atoms with Gasteiger partial charge in [-0.2, -0.15) is 0 Å². The molecular weight excluding hydrogens is 291 g/mol. The van der Waals surface area contributed by atoms with Crippen LogP contribution in [0.1, 0.15) is 23.2 Å². The highest BCUT2D eigenvalue weighted by atomic mass is 19.1. The van der Waals surface area contributed by atoms with Gasteiger partial charge in [0.25, 0.3) is 0 Å². The van der Waals surface area contributed by atoms with Gasteiger partial charge in [-0.1, -0.05) is 18.2 Å². The second-order valence-electron chi connectivity index (χ2n) is 6.45. The Morgan fingerprint density at radius 3 is 2.74 bits per heavy atom. The molecule has 2 atom stereocenters. The normalized spacial score (nSPS) is 22.2. The van der Waals surface area contributed by atoms with Crippen LogP contribution in [0.3, 0.4) is 0 Å². The van der Waals surface area contributed by atoms with E-state index in [-0.39, 0.29) is 17.8 Å². The predicted octanol–water partition coefficient (Wildman–Crippen LogP) is 2.95. The highest BCUT2D eigenvalue weighted by Crippen LogP contribution is 2.23. The summed E-state index contributed by atoms with van der Waals surface area (Å²) in [5.41, 5.74) is 3.36. The van der Waals surface area contributed by atoms with Crippen molar-refractivity contribution >= 4 is 0 Å². The molecule has 1 aliphatic heterocycles. The number of hydrogen-bond donors (Lipinski definition) is 1. The molecule has 0 saturated carbocycles. The van der Waals surface area contributed by atoms with Crippen molar-refractivity contribution in [3.05, 3.63) is 65.2 Å². The van der Waals surface area contributed by atoms with Crippen LogP contribution in [0.25, 0.3) is 0 Å². The third kappa shape index (κ3) is 4.15. The summed E-state index contributed by atoms with van der Waals surface area (Å²) in [6.45, 7) is 4.48. The van der Waals surface area contributed by atoms with Crippen molar-refractivity contribution in [2.24, 2.45) is 5.92 Å². The zero-order valence-corrected chi connectivity index (χ0v) is 13.5. The predicted molar refractivity (Wildman–Crippen MR) is 88.5 cm³/mol. The number of halogens is 1. The summed E-state index contributed by atoms with van der Waals surface area (Å²) in [7, 11) is 0.